The van der Waals surface area contributed by atoms with Gasteiger partial charge in [-0.05, 0) is 32.9 Å². The van der Waals surface area contributed by atoms with Crippen molar-refractivity contribution in [3.05, 3.63) is 54.6 Å². The minimum absolute atomic E-state index is 0.322. The van der Waals surface area contributed by atoms with Crippen molar-refractivity contribution < 1.29 is 20.1 Å². The van der Waals surface area contributed by atoms with E-state index >= 15 is 0 Å². The highest BCUT2D eigenvalue weighted by molar-refractivity contribution is 6.68. The van der Waals surface area contributed by atoms with E-state index in [0.717, 1.165) is 6.08 Å². The van der Waals surface area contributed by atoms with E-state index in [0.29, 0.717) is 5.75 Å². The fourth-order valence-electron chi connectivity index (χ4n) is 0.677. The zero-order valence-corrected chi connectivity index (χ0v) is 15.3. The monoisotopic (exact) mass is 382 g/mol. The van der Waals surface area contributed by atoms with Gasteiger partial charge in [-0.2, -0.15) is 0 Å². The van der Waals surface area contributed by atoms with Crippen LogP contribution in [-0.2, 0) is 4.79 Å². The quantitative estimate of drug-likeness (QED) is 0.392. The second-order valence-corrected chi connectivity index (χ2v) is 6.90. The van der Waals surface area contributed by atoms with Gasteiger partial charge in [0.2, 0.25) is 3.79 Å². The number of aliphatic hydroxyl groups is 1. The van der Waals surface area contributed by atoms with Gasteiger partial charge in [-0.15, -0.1) is 0 Å². The number of carbonyl (C=O) groups is 1. The zero-order chi connectivity index (χ0) is 18.5. The number of carboxylic acid groups (broad SMARTS) is 1. The molecule has 0 spiro atoms. The molecule has 0 aliphatic rings. The molecule has 0 atom stereocenters. The number of halogens is 3. The van der Waals surface area contributed by atoms with Crippen LogP contribution in [0, 0.1) is 0 Å². The second kappa shape index (κ2) is 12.3. The third-order valence-corrected chi connectivity index (χ3v) is 3.38. The average molecular weight is 384 g/mol. The first kappa shape index (κ1) is 24.1. The number of alkyl halides is 3. The first-order valence-corrected chi connectivity index (χ1v) is 7.60. The van der Waals surface area contributed by atoms with E-state index in [4.69, 9.17) is 50.1 Å². The number of phenolic OH excluding ortho intramolecular Hbond substituents is 1. The molecule has 0 radical (unpaired) electrons. The Kier molecular flexibility index (Phi) is 12.8. The predicted molar refractivity (Wildman–Crippen MR) is 96.3 cm³/mol. The zero-order valence-electron chi connectivity index (χ0n) is 13.1. The third kappa shape index (κ3) is 17.0. The van der Waals surface area contributed by atoms with Gasteiger partial charge in [0.05, 0.1) is 0 Å². The number of benzene rings is 1. The first-order valence-electron chi connectivity index (χ1n) is 6.47. The van der Waals surface area contributed by atoms with Gasteiger partial charge in [0, 0.05) is 6.08 Å². The number of hydrogen-bond acceptors (Lipinski definition) is 3. The number of rotatable bonds is 2. The lowest BCUT2D eigenvalue weighted by Gasteiger charge is -2.25. The Hall–Kier alpha value is -1.20. The van der Waals surface area contributed by atoms with Crippen LogP contribution in [-0.4, -0.2) is 30.7 Å². The molecule has 23 heavy (non-hydrogen) atoms. The fraction of sp³-hybridized carbons (Fsp3) is 0.312. The molecule has 1 rings (SSSR count). The molecule has 0 amide bonds. The fourth-order valence-corrected chi connectivity index (χ4v) is 0.677. The molecule has 3 N–H and O–H groups in total. The summed E-state index contributed by atoms with van der Waals surface area (Å²) in [6, 6.07) is 8.71. The van der Waals surface area contributed by atoms with Crippen LogP contribution in [0.4, 0.5) is 0 Å². The molecule has 0 saturated carbocycles. The topological polar surface area (TPSA) is 77.8 Å². The summed E-state index contributed by atoms with van der Waals surface area (Å²) in [7, 11) is 0. The van der Waals surface area contributed by atoms with Crippen LogP contribution in [0.3, 0.4) is 0 Å². The molecule has 0 fully saturated rings. The van der Waals surface area contributed by atoms with Crippen molar-refractivity contribution in [2.75, 3.05) is 0 Å². The first-order chi connectivity index (χ1) is 10.4. The lowest BCUT2D eigenvalue weighted by Crippen LogP contribution is -2.35. The Morgan fingerprint density at radius 3 is 1.74 bits per heavy atom. The van der Waals surface area contributed by atoms with Crippen molar-refractivity contribution >= 4 is 40.8 Å². The van der Waals surface area contributed by atoms with E-state index in [1.54, 1.807) is 36.4 Å². The number of carboxylic acids is 1. The van der Waals surface area contributed by atoms with E-state index in [9.17, 15) is 4.79 Å². The number of para-hydroxylation sites is 1. The summed E-state index contributed by atoms with van der Waals surface area (Å²) in [4.78, 5) is 9.75. The van der Waals surface area contributed by atoms with Crippen molar-refractivity contribution in [3.8, 4) is 5.75 Å². The standard InChI is InChI=1S/C6H8O2.C6H6O.C4H7Cl3O/c1-2-3-4-5-6(7)8;7-6-4-2-1-3-5-6;1-3(2,8)4(5,6)7/h2-5H,1H3,(H,7,8);1-5,7H;8H,1-2H3/b3-2+,5-4+;;. The van der Waals surface area contributed by atoms with Crippen LogP contribution in [0.25, 0.3) is 0 Å². The van der Waals surface area contributed by atoms with Crippen LogP contribution < -0.4 is 0 Å². The minimum Gasteiger partial charge on any atom is -0.508 e. The summed E-state index contributed by atoms with van der Waals surface area (Å²) in [6.07, 6.45) is 5.98. The maximum Gasteiger partial charge on any atom is 0.328 e. The van der Waals surface area contributed by atoms with E-state index in [1.807, 2.05) is 13.0 Å². The van der Waals surface area contributed by atoms with Gasteiger partial charge in [-0.1, -0.05) is 71.2 Å². The maximum atomic E-state index is 9.75. The molecule has 0 bridgehead atoms. The van der Waals surface area contributed by atoms with Gasteiger partial charge in [0.15, 0.2) is 0 Å². The van der Waals surface area contributed by atoms with E-state index in [-0.39, 0.29) is 0 Å². The molecule has 1 aromatic carbocycles. The van der Waals surface area contributed by atoms with E-state index in [1.165, 1.54) is 19.9 Å². The van der Waals surface area contributed by atoms with Gasteiger partial charge in [-0.25, -0.2) is 4.79 Å². The molecule has 0 aromatic heterocycles. The Bertz CT molecular complexity index is 474. The normalized spacial score (nSPS) is 11.4. The number of aliphatic carboxylic acids is 1. The molecule has 0 saturated heterocycles. The number of hydrogen-bond donors (Lipinski definition) is 3. The maximum absolute atomic E-state index is 9.75. The molecule has 1 aromatic rings. The Morgan fingerprint density at radius 2 is 1.52 bits per heavy atom. The van der Waals surface area contributed by atoms with Crippen molar-refractivity contribution in [1.82, 2.24) is 0 Å². The average Bonchev–Trinajstić information content (AvgIpc) is 2.38. The SMILES string of the molecule is C/C=C/C=C/C(=O)O.CC(C)(O)C(Cl)(Cl)Cl.Oc1ccccc1. The molecular weight excluding hydrogens is 363 g/mol. The summed E-state index contributed by atoms with van der Waals surface area (Å²) in [6.45, 7) is 4.69. The van der Waals surface area contributed by atoms with Gasteiger partial charge in [0.1, 0.15) is 11.4 Å². The van der Waals surface area contributed by atoms with E-state index < -0.39 is 15.4 Å². The highest BCUT2D eigenvalue weighted by Crippen LogP contribution is 2.37. The Balaban J connectivity index is 0. The van der Waals surface area contributed by atoms with Gasteiger partial charge in [0.25, 0.3) is 0 Å². The molecular formula is C16H21Cl3O4. The van der Waals surface area contributed by atoms with E-state index in [2.05, 4.69) is 0 Å². The predicted octanol–water partition coefficient (Wildman–Crippen LogP) is 4.72. The van der Waals surface area contributed by atoms with Crippen LogP contribution in [0.1, 0.15) is 20.8 Å². The van der Waals surface area contributed by atoms with Crippen LogP contribution in [0.5, 0.6) is 5.75 Å². The van der Waals surface area contributed by atoms with Crippen molar-refractivity contribution in [2.45, 2.75) is 30.2 Å². The van der Waals surface area contributed by atoms with Gasteiger partial charge < -0.3 is 15.3 Å². The molecule has 4 nitrogen and oxygen atoms in total. The molecule has 0 aliphatic carbocycles. The van der Waals surface area contributed by atoms with Crippen LogP contribution in [0.2, 0.25) is 0 Å². The third-order valence-electron chi connectivity index (χ3n) is 1.99. The van der Waals surface area contributed by atoms with Crippen LogP contribution in [0.15, 0.2) is 54.6 Å². The minimum atomic E-state index is -1.59. The number of aromatic hydroxyl groups is 1. The van der Waals surface area contributed by atoms with Crippen LogP contribution >= 0.6 is 34.8 Å². The Morgan fingerprint density at radius 1 is 1.09 bits per heavy atom. The van der Waals surface area contributed by atoms with Gasteiger partial charge >= 0.3 is 5.97 Å². The Labute approximate surface area is 151 Å². The summed E-state index contributed by atoms with van der Waals surface area (Å²) in [5.74, 6) is -0.592. The summed E-state index contributed by atoms with van der Waals surface area (Å²) < 4.78 is -1.59. The molecule has 130 valence electrons. The lowest BCUT2D eigenvalue weighted by molar-refractivity contribution is -0.131. The molecule has 0 heterocycles. The van der Waals surface area contributed by atoms with Crippen molar-refractivity contribution in [1.29, 1.82) is 0 Å². The summed E-state index contributed by atoms with van der Waals surface area (Å²) in [5.41, 5.74) is -1.27. The largest absolute Gasteiger partial charge is 0.508 e. The molecule has 0 unspecified atom stereocenters. The summed E-state index contributed by atoms with van der Waals surface area (Å²) in [5, 5.41) is 25.6. The van der Waals surface area contributed by atoms with Gasteiger partial charge in [-0.3, -0.25) is 0 Å². The smallest absolute Gasteiger partial charge is 0.328 e. The second-order valence-electron chi connectivity index (χ2n) is 4.62. The molecule has 7 heteroatoms. The number of phenols is 1. The van der Waals surface area contributed by atoms with Crippen molar-refractivity contribution in [3.63, 3.8) is 0 Å². The number of allylic oxidation sites excluding steroid dienone is 3. The van der Waals surface area contributed by atoms with Crippen molar-refractivity contribution in [2.24, 2.45) is 0 Å². The highest BCUT2D eigenvalue weighted by Gasteiger charge is 2.38. The summed E-state index contributed by atoms with van der Waals surface area (Å²) >= 11 is 15.9. The lowest BCUT2D eigenvalue weighted by atomic mass is 10.2. The highest BCUT2D eigenvalue weighted by atomic mass is 35.6. The molecule has 0 aliphatic heterocycles.